The van der Waals surface area contributed by atoms with E-state index in [1.807, 2.05) is 39.0 Å². The number of hydrogen-bond acceptors (Lipinski definition) is 3. The maximum absolute atomic E-state index is 11.4. The Morgan fingerprint density at radius 3 is 2.65 bits per heavy atom. The van der Waals surface area contributed by atoms with Crippen molar-refractivity contribution in [2.75, 3.05) is 12.4 Å². The number of anilines is 1. The first-order valence-corrected chi connectivity index (χ1v) is 6.35. The van der Waals surface area contributed by atoms with Crippen LogP contribution in [0.1, 0.15) is 19.4 Å². The molecule has 0 spiro atoms. The van der Waals surface area contributed by atoms with E-state index in [1.165, 1.54) is 12.7 Å². The van der Waals surface area contributed by atoms with Crippen LogP contribution in [0.5, 0.6) is 0 Å². The highest BCUT2D eigenvalue weighted by atomic mass is 79.9. The predicted octanol–water partition coefficient (Wildman–Crippen LogP) is 3.37. The molecule has 0 aliphatic carbocycles. The van der Waals surface area contributed by atoms with Crippen LogP contribution < -0.4 is 5.32 Å². The van der Waals surface area contributed by atoms with E-state index in [9.17, 15) is 4.79 Å². The largest absolute Gasteiger partial charge is 0.469 e. The molecule has 1 aromatic carbocycles. The molecule has 0 saturated carbocycles. The number of rotatable bonds is 4. The molecule has 1 N–H and O–H groups in total. The predicted molar refractivity (Wildman–Crippen MR) is 73.1 cm³/mol. The molecule has 3 nitrogen and oxygen atoms in total. The van der Waals surface area contributed by atoms with E-state index in [1.54, 1.807) is 0 Å². The minimum atomic E-state index is -0.200. The van der Waals surface area contributed by atoms with Crippen molar-refractivity contribution >= 4 is 27.6 Å². The normalized spacial score (nSPS) is 13.9. The number of aryl methyl sites for hydroxylation is 1. The molecule has 0 aliphatic heterocycles. The van der Waals surface area contributed by atoms with E-state index < -0.39 is 0 Å². The molecule has 0 radical (unpaired) electrons. The van der Waals surface area contributed by atoms with Crippen molar-refractivity contribution in [3.63, 3.8) is 0 Å². The van der Waals surface area contributed by atoms with E-state index in [0.29, 0.717) is 0 Å². The Labute approximate surface area is 111 Å². The molecule has 0 heterocycles. The first-order chi connectivity index (χ1) is 7.95. The van der Waals surface area contributed by atoms with E-state index in [4.69, 9.17) is 4.74 Å². The van der Waals surface area contributed by atoms with Gasteiger partial charge >= 0.3 is 5.97 Å². The van der Waals surface area contributed by atoms with Crippen molar-refractivity contribution in [2.24, 2.45) is 5.92 Å². The molecule has 94 valence electrons. The lowest BCUT2D eigenvalue weighted by Gasteiger charge is -2.21. The van der Waals surface area contributed by atoms with Gasteiger partial charge in [0.25, 0.3) is 0 Å². The second-order valence-corrected chi connectivity index (χ2v) is 5.08. The lowest BCUT2D eigenvalue weighted by Crippen LogP contribution is -2.30. The fourth-order valence-corrected chi connectivity index (χ4v) is 1.87. The highest BCUT2D eigenvalue weighted by molar-refractivity contribution is 9.10. The van der Waals surface area contributed by atoms with Crippen LogP contribution in [0.4, 0.5) is 5.69 Å². The van der Waals surface area contributed by atoms with Gasteiger partial charge in [-0.25, -0.2) is 0 Å². The molecule has 1 aromatic rings. The number of benzene rings is 1. The number of methoxy groups -OCH3 is 1. The second-order valence-electron chi connectivity index (χ2n) is 4.23. The molecule has 0 fully saturated rings. The second kappa shape index (κ2) is 6.05. The number of nitrogens with one attached hydrogen (secondary N) is 1. The molecular formula is C13H18BrNO2. The highest BCUT2D eigenvalue weighted by Gasteiger charge is 2.21. The SMILES string of the molecule is COC(=O)C(C)C(C)Nc1cc(C)ccc1Br. The van der Waals surface area contributed by atoms with Gasteiger partial charge in [-0.2, -0.15) is 0 Å². The average Bonchev–Trinajstić information content (AvgIpc) is 2.31. The van der Waals surface area contributed by atoms with Gasteiger partial charge in [-0.15, -0.1) is 0 Å². The van der Waals surface area contributed by atoms with Crippen molar-refractivity contribution in [3.8, 4) is 0 Å². The van der Waals surface area contributed by atoms with Crippen LogP contribution >= 0.6 is 15.9 Å². The van der Waals surface area contributed by atoms with Gasteiger partial charge in [0.2, 0.25) is 0 Å². The zero-order chi connectivity index (χ0) is 13.0. The summed E-state index contributed by atoms with van der Waals surface area (Å²) >= 11 is 3.48. The number of hydrogen-bond donors (Lipinski definition) is 1. The summed E-state index contributed by atoms with van der Waals surface area (Å²) in [6.45, 7) is 5.86. The lowest BCUT2D eigenvalue weighted by atomic mass is 10.0. The Bertz CT molecular complexity index is 406. The topological polar surface area (TPSA) is 38.3 Å². The number of carbonyl (C=O) groups excluding carboxylic acids is 1. The standard InChI is InChI=1S/C13H18BrNO2/c1-8-5-6-11(14)12(7-8)15-10(3)9(2)13(16)17-4/h5-7,9-10,15H,1-4H3. The van der Waals surface area contributed by atoms with E-state index in [-0.39, 0.29) is 17.9 Å². The van der Waals surface area contributed by atoms with E-state index in [2.05, 4.69) is 21.2 Å². The minimum Gasteiger partial charge on any atom is -0.469 e. The Balaban J connectivity index is 2.77. The lowest BCUT2D eigenvalue weighted by molar-refractivity contribution is -0.145. The molecule has 2 atom stereocenters. The first kappa shape index (κ1) is 14.0. The maximum atomic E-state index is 11.4. The van der Waals surface area contributed by atoms with Crippen molar-refractivity contribution < 1.29 is 9.53 Å². The quantitative estimate of drug-likeness (QED) is 0.866. The van der Waals surface area contributed by atoms with E-state index in [0.717, 1.165) is 10.2 Å². The summed E-state index contributed by atoms with van der Waals surface area (Å²) in [6.07, 6.45) is 0. The highest BCUT2D eigenvalue weighted by Crippen LogP contribution is 2.25. The van der Waals surface area contributed by atoms with Gasteiger partial charge in [0, 0.05) is 16.2 Å². The third-order valence-electron chi connectivity index (χ3n) is 2.83. The van der Waals surface area contributed by atoms with Gasteiger partial charge in [0.05, 0.1) is 13.0 Å². The van der Waals surface area contributed by atoms with Crippen LogP contribution in [0.25, 0.3) is 0 Å². The maximum Gasteiger partial charge on any atom is 0.310 e. The molecule has 0 amide bonds. The summed E-state index contributed by atoms with van der Waals surface area (Å²) in [6, 6.07) is 6.09. The van der Waals surface area contributed by atoms with Crippen molar-refractivity contribution in [1.82, 2.24) is 0 Å². The number of esters is 1. The zero-order valence-corrected chi connectivity index (χ0v) is 12.2. The van der Waals surface area contributed by atoms with Crippen LogP contribution in [0.3, 0.4) is 0 Å². The Morgan fingerprint density at radius 1 is 1.41 bits per heavy atom. The average molecular weight is 300 g/mol. The molecule has 2 unspecified atom stereocenters. The number of carbonyl (C=O) groups is 1. The third-order valence-corrected chi connectivity index (χ3v) is 3.52. The molecule has 0 saturated heterocycles. The summed E-state index contributed by atoms with van der Waals surface area (Å²) in [5.41, 5.74) is 2.17. The number of ether oxygens (including phenoxy) is 1. The fourth-order valence-electron chi connectivity index (χ4n) is 1.51. The van der Waals surface area contributed by atoms with Crippen molar-refractivity contribution in [3.05, 3.63) is 28.2 Å². The smallest absolute Gasteiger partial charge is 0.310 e. The third kappa shape index (κ3) is 3.73. The first-order valence-electron chi connectivity index (χ1n) is 5.56. The Morgan fingerprint density at radius 2 is 2.06 bits per heavy atom. The molecule has 0 aliphatic rings. The van der Waals surface area contributed by atoms with Gasteiger partial charge < -0.3 is 10.1 Å². The van der Waals surface area contributed by atoms with Gasteiger partial charge in [0.1, 0.15) is 0 Å². The monoisotopic (exact) mass is 299 g/mol. The van der Waals surface area contributed by atoms with Crippen molar-refractivity contribution in [2.45, 2.75) is 26.8 Å². The molecule has 1 rings (SSSR count). The van der Waals surface area contributed by atoms with Gasteiger partial charge in [-0.05, 0) is 54.4 Å². The molecule has 0 bridgehead atoms. The number of halogens is 1. The Kier molecular flexibility index (Phi) is 5.00. The molecule has 0 aromatic heterocycles. The van der Waals surface area contributed by atoms with Crippen LogP contribution in [0.15, 0.2) is 22.7 Å². The molecular weight excluding hydrogens is 282 g/mol. The van der Waals surface area contributed by atoms with E-state index >= 15 is 0 Å². The summed E-state index contributed by atoms with van der Waals surface area (Å²) in [5.74, 6) is -0.388. The van der Waals surface area contributed by atoms with Crippen molar-refractivity contribution in [1.29, 1.82) is 0 Å². The van der Waals surface area contributed by atoms with Gasteiger partial charge in [-0.3, -0.25) is 4.79 Å². The fraction of sp³-hybridized carbons (Fsp3) is 0.462. The van der Waals surface area contributed by atoms with Crippen LogP contribution in [0.2, 0.25) is 0 Å². The summed E-state index contributed by atoms with van der Waals surface area (Å²) in [4.78, 5) is 11.4. The van der Waals surface area contributed by atoms with Gasteiger partial charge in [-0.1, -0.05) is 6.07 Å². The van der Waals surface area contributed by atoms with Crippen LogP contribution in [0, 0.1) is 12.8 Å². The summed E-state index contributed by atoms with van der Waals surface area (Å²) in [7, 11) is 1.41. The van der Waals surface area contributed by atoms with Gasteiger partial charge in [0.15, 0.2) is 0 Å². The minimum absolute atomic E-state index is 0.0144. The van der Waals surface area contributed by atoms with Crippen LogP contribution in [-0.4, -0.2) is 19.1 Å². The summed E-state index contributed by atoms with van der Waals surface area (Å²) < 4.78 is 5.73. The molecule has 17 heavy (non-hydrogen) atoms. The Hall–Kier alpha value is -1.03. The summed E-state index contributed by atoms with van der Waals surface area (Å²) in [5, 5.41) is 3.32. The van der Waals surface area contributed by atoms with Crippen LogP contribution in [-0.2, 0) is 9.53 Å². The zero-order valence-electron chi connectivity index (χ0n) is 10.6. The molecule has 4 heteroatoms.